The lowest BCUT2D eigenvalue weighted by Gasteiger charge is -2.41. The van der Waals surface area contributed by atoms with Crippen molar-refractivity contribution in [1.82, 2.24) is 0 Å². The molecule has 3 heteroatoms. The number of hydrogen-bond donors (Lipinski definition) is 2. The zero-order valence-corrected chi connectivity index (χ0v) is 7.29. The van der Waals surface area contributed by atoms with Crippen molar-refractivity contribution >= 4 is 5.71 Å². The topological polar surface area (TPSA) is 58.6 Å². The zero-order valence-electron chi connectivity index (χ0n) is 7.29. The zero-order chi connectivity index (χ0) is 8.60. The van der Waals surface area contributed by atoms with Crippen LogP contribution >= 0.6 is 0 Å². The maximum Gasteiger partial charge on any atom is 0.0703 e. The monoisotopic (exact) mass is 168 g/mol. The van der Waals surface area contributed by atoms with Crippen LogP contribution in [-0.4, -0.2) is 16.4 Å². The minimum atomic E-state index is -0.459. The Morgan fingerprint density at radius 3 is 3.08 bits per heavy atom. The number of nitrogens with zero attached hydrogens (tertiary/aromatic N) is 1. The third kappa shape index (κ3) is 1.33. The summed E-state index contributed by atoms with van der Waals surface area (Å²) >= 11 is 0. The van der Waals surface area contributed by atoms with E-state index in [0.717, 1.165) is 25.0 Å². The predicted molar refractivity (Wildman–Crippen MR) is 47.8 cm³/mol. The summed E-state index contributed by atoms with van der Waals surface area (Å²) in [6.07, 6.45) is 6.02. The van der Waals surface area contributed by atoms with Crippen LogP contribution in [0.3, 0.4) is 0 Å². The fourth-order valence-electron chi connectivity index (χ4n) is 2.68. The largest absolute Gasteiger partial charge is 0.389 e. The van der Waals surface area contributed by atoms with Gasteiger partial charge in [0.05, 0.1) is 5.60 Å². The normalized spacial score (nSPS) is 44.8. The SMILES string of the molecule is N/N=C1\C[C@H]2CCC[C@@](O)(C1)C2. The molecule has 0 amide bonds. The Balaban J connectivity index is 2.15. The number of nitrogens with two attached hydrogens (primary N) is 1. The van der Waals surface area contributed by atoms with E-state index in [-0.39, 0.29) is 0 Å². The third-order valence-electron chi connectivity index (χ3n) is 3.16. The lowest BCUT2D eigenvalue weighted by atomic mass is 9.68. The smallest absolute Gasteiger partial charge is 0.0703 e. The molecule has 0 aromatic carbocycles. The van der Waals surface area contributed by atoms with Crippen molar-refractivity contribution in [3.8, 4) is 0 Å². The highest BCUT2D eigenvalue weighted by atomic mass is 16.3. The van der Waals surface area contributed by atoms with Gasteiger partial charge in [0.25, 0.3) is 0 Å². The van der Waals surface area contributed by atoms with Crippen molar-refractivity contribution in [2.45, 2.75) is 44.1 Å². The summed E-state index contributed by atoms with van der Waals surface area (Å²) in [5.41, 5.74) is 0.549. The van der Waals surface area contributed by atoms with Crippen LogP contribution in [0.4, 0.5) is 0 Å². The van der Waals surface area contributed by atoms with Gasteiger partial charge >= 0.3 is 0 Å². The molecule has 2 rings (SSSR count). The van der Waals surface area contributed by atoms with Crippen molar-refractivity contribution < 1.29 is 5.11 Å². The van der Waals surface area contributed by atoms with Gasteiger partial charge in [0.15, 0.2) is 0 Å². The first-order chi connectivity index (χ1) is 5.72. The minimum absolute atomic E-state index is 0.459. The van der Waals surface area contributed by atoms with Crippen molar-refractivity contribution in [2.75, 3.05) is 0 Å². The Kier molecular flexibility index (Phi) is 1.83. The standard InChI is InChI=1S/C9H16N2O/c10-11-8-4-7-2-1-3-9(12,5-7)6-8/h7,12H,1-6,10H2/b11-8+/t7-,9+/m1/s1. The molecule has 2 bridgehead atoms. The van der Waals surface area contributed by atoms with Crippen molar-refractivity contribution in [1.29, 1.82) is 0 Å². The van der Waals surface area contributed by atoms with Crippen molar-refractivity contribution in [3.05, 3.63) is 0 Å². The van der Waals surface area contributed by atoms with E-state index in [1.165, 1.54) is 12.8 Å². The molecule has 0 radical (unpaired) electrons. The van der Waals surface area contributed by atoms with Crippen LogP contribution in [0.5, 0.6) is 0 Å². The Morgan fingerprint density at radius 2 is 2.42 bits per heavy atom. The van der Waals surface area contributed by atoms with E-state index >= 15 is 0 Å². The molecular weight excluding hydrogens is 152 g/mol. The van der Waals surface area contributed by atoms with Gasteiger partial charge in [-0.1, -0.05) is 6.42 Å². The van der Waals surface area contributed by atoms with E-state index < -0.39 is 5.60 Å². The van der Waals surface area contributed by atoms with Crippen LogP contribution < -0.4 is 5.84 Å². The first-order valence-corrected chi connectivity index (χ1v) is 4.70. The summed E-state index contributed by atoms with van der Waals surface area (Å²) in [4.78, 5) is 0. The van der Waals surface area contributed by atoms with E-state index in [0.29, 0.717) is 12.3 Å². The lowest BCUT2D eigenvalue weighted by Crippen LogP contribution is -2.42. The van der Waals surface area contributed by atoms with Crippen molar-refractivity contribution in [3.63, 3.8) is 0 Å². The second-order valence-electron chi connectivity index (χ2n) is 4.26. The Morgan fingerprint density at radius 1 is 1.58 bits per heavy atom. The van der Waals surface area contributed by atoms with Gasteiger partial charge in [-0.3, -0.25) is 0 Å². The molecular formula is C9H16N2O. The molecule has 2 aliphatic carbocycles. The van der Waals surface area contributed by atoms with Crippen LogP contribution in [0.25, 0.3) is 0 Å². The number of rotatable bonds is 0. The van der Waals surface area contributed by atoms with Gasteiger partial charge in [0, 0.05) is 12.1 Å². The minimum Gasteiger partial charge on any atom is -0.389 e. The summed E-state index contributed by atoms with van der Waals surface area (Å²) in [5, 5.41) is 13.8. The van der Waals surface area contributed by atoms with Crippen LogP contribution in [0.15, 0.2) is 5.10 Å². The maximum absolute atomic E-state index is 10.1. The first kappa shape index (κ1) is 8.05. The predicted octanol–water partition coefficient (Wildman–Crippen LogP) is 1.02. The summed E-state index contributed by atoms with van der Waals surface area (Å²) in [6.45, 7) is 0. The molecule has 0 saturated heterocycles. The second kappa shape index (κ2) is 2.73. The molecule has 0 heterocycles. The molecule has 2 saturated carbocycles. The van der Waals surface area contributed by atoms with Crippen LogP contribution in [0.2, 0.25) is 0 Å². The Bertz CT molecular complexity index is 215. The lowest BCUT2D eigenvalue weighted by molar-refractivity contribution is -0.0180. The molecule has 3 nitrogen and oxygen atoms in total. The van der Waals surface area contributed by atoms with Gasteiger partial charge in [-0.15, -0.1) is 0 Å². The second-order valence-corrected chi connectivity index (χ2v) is 4.26. The molecule has 2 fully saturated rings. The van der Waals surface area contributed by atoms with Gasteiger partial charge in [-0.25, -0.2) is 0 Å². The molecule has 0 aromatic rings. The number of fused-ring (bicyclic) bond motifs is 2. The van der Waals surface area contributed by atoms with E-state index in [1.54, 1.807) is 0 Å². The molecule has 0 spiro atoms. The third-order valence-corrected chi connectivity index (χ3v) is 3.16. The Labute approximate surface area is 72.6 Å². The average Bonchev–Trinajstić information content (AvgIpc) is 2.02. The van der Waals surface area contributed by atoms with Gasteiger partial charge in [0.2, 0.25) is 0 Å². The van der Waals surface area contributed by atoms with E-state index in [1.807, 2.05) is 0 Å². The van der Waals surface area contributed by atoms with Crippen LogP contribution in [0, 0.1) is 5.92 Å². The molecule has 12 heavy (non-hydrogen) atoms. The fraction of sp³-hybridized carbons (Fsp3) is 0.889. The molecule has 68 valence electrons. The van der Waals surface area contributed by atoms with Gasteiger partial charge in [0.1, 0.15) is 0 Å². The molecule has 0 unspecified atom stereocenters. The van der Waals surface area contributed by atoms with Crippen LogP contribution in [-0.2, 0) is 0 Å². The Hall–Kier alpha value is -0.570. The first-order valence-electron chi connectivity index (χ1n) is 4.70. The van der Waals surface area contributed by atoms with E-state index in [9.17, 15) is 5.11 Å². The van der Waals surface area contributed by atoms with E-state index in [2.05, 4.69) is 5.10 Å². The average molecular weight is 168 g/mol. The summed E-state index contributed by atoms with van der Waals surface area (Å²) in [5.74, 6) is 5.88. The van der Waals surface area contributed by atoms with Crippen molar-refractivity contribution in [2.24, 2.45) is 16.9 Å². The maximum atomic E-state index is 10.1. The molecule has 2 atom stereocenters. The van der Waals surface area contributed by atoms with E-state index in [4.69, 9.17) is 5.84 Å². The highest BCUT2D eigenvalue weighted by Crippen LogP contribution is 2.41. The highest BCUT2D eigenvalue weighted by Gasteiger charge is 2.39. The number of hydrazone groups is 1. The number of aliphatic hydroxyl groups is 1. The molecule has 2 aliphatic rings. The number of hydrogen-bond acceptors (Lipinski definition) is 3. The molecule has 3 N–H and O–H groups in total. The molecule has 0 aliphatic heterocycles. The summed E-state index contributed by atoms with van der Waals surface area (Å²) < 4.78 is 0. The fourth-order valence-corrected chi connectivity index (χ4v) is 2.68. The quantitative estimate of drug-likeness (QED) is 0.419. The molecule has 0 aromatic heterocycles. The van der Waals surface area contributed by atoms with Gasteiger partial charge in [-0.2, -0.15) is 5.10 Å². The highest BCUT2D eigenvalue weighted by molar-refractivity contribution is 5.86. The van der Waals surface area contributed by atoms with Gasteiger partial charge in [-0.05, 0) is 31.6 Å². The van der Waals surface area contributed by atoms with Crippen LogP contribution in [0.1, 0.15) is 38.5 Å². The summed E-state index contributed by atoms with van der Waals surface area (Å²) in [7, 11) is 0. The van der Waals surface area contributed by atoms with Gasteiger partial charge < -0.3 is 10.9 Å². The summed E-state index contributed by atoms with van der Waals surface area (Å²) in [6, 6.07) is 0.